The lowest BCUT2D eigenvalue weighted by Gasteiger charge is -2.22. The van der Waals surface area contributed by atoms with Crippen molar-refractivity contribution in [2.75, 3.05) is 20.3 Å². The first-order valence-electron chi connectivity index (χ1n) is 6.48. The molecule has 0 aromatic carbocycles. The van der Waals surface area contributed by atoms with Gasteiger partial charge in [-0.3, -0.25) is 4.79 Å². The first-order valence-corrected chi connectivity index (χ1v) is 7.27. The minimum Gasteiger partial charge on any atom is -0.382 e. The molecule has 0 radical (unpaired) electrons. The van der Waals surface area contributed by atoms with Crippen molar-refractivity contribution < 1.29 is 18.8 Å². The normalized spacial score (nSPS) is 12.7. The monoisotopic (exact) mass is 347 g/mol. The van der Waals surface area contributed by atoms with Gasteiger partial charge < -0.3 is 14.0 Å². The molecule has 0 amide bonds. The molecule has 1 aromatic rings. The number of hydrogen-bond acceptors (Lipinski definition) is 5. The van der Waals surface area contributed by atoms with Crippen molar-refractivity contribution in [3.63, 3.8) is 0 Å². The van der Waals surface area contributed by atoms with Crippen LogP contribution < -0.4 is 0 Å². The molecular formula is C14H22BrNO4. The number of carbonyl (C=O) groups excluding carboxylic acids is 1. The number of halogens is 1. The molecule has 6 heteroatoms. The summed E-state index contributed by atoms with van der Waals surface area (Å²) in [6.45, 7) is 8.42. The van der Waals surface area contributed by atoms with Crippen LogP contribution in [0.25, 0.3) is 0 Å². The van der Waals surface area contributed by atoms with Crippen LogP contribution in [0.4, 0.5) is 0 Å². The van der Waals surface area contributed by atoms with Crippen molar-refractivity contribution in [3.8, 4) is 0 Å². The third kappa shape index (κ3) is 5.00. The van der Waals surface area contributed by atoms with Crippen LogP contribution in [-0.4, -0.2) is 35.6 Å². The average Bonchev–Trinajstić information content (AvgIpc) is 2.77. The van der Waals surface area contributed by atoms with Gasteiger partial charge in [0.05, 0.1) is 24.0 Å². The number of ketones is 1. The molecule has 0 spiro atoms. The molecule has 0 fully saturated rings. The van der Waals surface area contributed by atoms with E-state index in [0.29, 0.717) is 24.7 Å². The van der Waals surface area contributed by atoms with E-state index in [1.165, 1.54) is 0 Å². The topological polar surface area (TPSA) is 61.6 Å². The van der Waals surface area contributed by atoms with Crippen molar-refractivity contribution in [1.29, 1.82) is 0 Å². The van der Waals surface area contributed by atoms with E-state index in [2.05, 4.69) is 21.1 Å². The van der Waals surface area contributed by atoms with Gasteiger partial charge in [0.15, 0.2) is 5.78 Å². The maximum atomic E-state index is 11.9. The number of hydrogen-bond donors (Lipinski definition) is 0. The zero-order valence-corrected chi connectivity index (χ0v) is 14.2. The van der Waals surface area contributed by atoms with Gasteiger partial charge in [0.25, 0.3) is 0 Å². The highest BCUT2D eigenvalue weighted by molar-refractivity contribution is 9.10. The first-order chi connectivity index (χ1) is 9.16. The number of carbonyl (C=O) groups is 1. The summed E-state index contributed by atoms with van der Waals surface area (Å²) >= 11 is 3.34. The largest absolute Gasteiger partial charge is 0.382 e. The summed E-state index contributed by atoms with van der Waals surface area (Å²) in [4.78, 5) is 11.9. The Morgan fingerprint density at radius 3 is 2.55 bits per heavy atom. The van der Waals surface area contributed by atoms with E-state index in [-0.39, 0.29) is 12.2 Å². The van der Waals surface area contributed by atoms with E-state index in [9.17, 15) is 4.79 Å². The van der Waals surface area contributed by atoms with E-state index in [1.807, 2.05) is 27.7 Å². The quantitative estimate of drug-likeness (QED) is 0.534. The van der Waals surface area contributed by atoms with Crippen molar-refractivity contribution in [1.82, 2.24) is 5.16 Å². The Kier molecular flexibility index (Phi) is 5.91. The third-order valence-corrected chi connectivity index (χ3v) is 3.37. The van der Waals surface area contributed by atoms with Crippen LogP contribution in [0.5, 0.6) is 0 Å². The van der Waals surface area contributed by atoms with Crippen LogP contribution in [0.15, 0.2) is 10.6 Å². The van der Waals surface area contributed by atoms with Gasteiger partial charge in [-0.1, -0.05) is 21.1 Å². The van der Waals surface area contributed by atoms with Crippen molar-refractivity contribution in [3.05, 3.63) is 17.5 Å². The Labute approximate surface area is 128 Å². The molecule has 0 aliphatic heterocycles. The summed E-state index contributed by atoms with van der Waals surface area (Å²) in [6, 6.07) is 1.77. The van der Waals surface area contributed by atoms with Gasteiger partial charge in [-0.15, -0.1) is 0 Å². The summed E-state index contributed by atoms with van der Waals surface area (Å²) in [5, 5.41) is 3.99. The van der Waals surface area contributed by atoms with Gasteiger partial charge >= 0.3 is 0 Å². The highest BCUT2D eigenvalue weighted by Gasteiger charge is 2.28. The lowest BCUT2D eigenvalue weighted by molar-refractivity contribution is -0.120. The van der Waals surface area contributed by atoms with Gasteiger partial charge in [0, 0.05) is 13.2 Å². The number of ether oxygens (including phenoxy) is 2. The van der Waals surface area contributed by atoms with Crippen LogP contribution >= 0.6 is 15.9 Å². The first kappa shape index (κ1) is 17.3. The van der Waals surface area contributed by atoms with Crippen molar-refractivity contribution in [2.24, 2.45) is 0 Å². The Balaban J connectivity index is 2.69. The fourth-order valence-electron chi connectivity index (χ4n) is 1.50. The third-order valence-electron chi connectivity index (χ3n) is 2.92. The number of rotatable bonds is 8. The molecule has 0 N–H and O–H groups in total. The maximum absolute atomic E-state index is 11.9. The van der Waals surface area contributed by atoms with Crippen LogP contribution in [-0.2, 0) is 26.3 Å². The van der Waals surface area contributed by atoms with E-state index in [4.69, 9.17) is 14.0 Å². The molecular weight excluding hydrogens is 326 g/mol. The zero-order valence-electron chi connectivity index (χ0n) is 12.7. The SMILES string of the molecule is COCCOC(C)(C)c1cc(CC(=O)C(C)(C)Br)on1. The van der Waals surface area contributed by atoms with Gasteiger partial charge in [-0.05, 0) is 27.7 Å². The summed E-state index contributed by atoms with van der Waals surface area (Å²) in [5.41, 5.74) is 0.0940. The molecule has 20 heavy (non-hydrogen) atoms. The van der Waals surface area contributed by atoms with E-state index >= 15 is 0 Å². The molecule has 0 bridgehead atoms. The molecule has 114 valence electrons. The molecule has 5 nitrogen and oxygen atoms in total. The standard InChI is InChI=1S/C14H22BrNO4/c1-13(2,15)12(17)9-10-8-11(16-20-10)14(3,4)19-7-6-18-5/h8H,6-7,9H2,1-5H3. The summed E-state index contributed by atoms with van der Waals surface area (Å²) in [6.07, 6.45) is 0.208. The predicted octanol–water partition coefficient (Wildman–Crippen LogP) is 2.86. The Morgan fingerprint density at radius 1 is 1.35 bits per heavy atom. The second kappa shape index (κ2) is 6.83. The van der Waals surface area contributed by atoms with Crippen LogP contribution in [0.3, 0.4) is 0 Å². The van der Waals surface area contributed by atoms with Gasteiger partial charge in [-0.25, -0.2) is 0 Å². The van der Waals surface area contributed by atoms with Crippen LogP contribution in [0.1, 0.15) is 39.1 Å². The molecule has 0 aliphatic carbocycles. The number of aromatic nitrogens is 1. The zero-order chi connectivity index (χ0) is 15.4. The highest BCUT2D eigenvalue weighted by atomic mass is 79.9. The van der Waals surface area contributed by atoms with Crippen molar-refractivity contribution >= 4 is 21.7 Å². The minimum absolute atomic E-state index is 0.0401. The Morgan fingerprint density at radius 2 is 2.00 bits per heavy atom. The average molecular weight is 348 g/mol. The summed E-state index contributed by atoms with van der Waals surface area (Å²) < 4.78 is 15.3. The number of methoxy groups -OCH3 is 1. The second-order valence-electron chi connectivity index (χ2n) is 5.60. The fraction of sp³-hybridized carbons (Fsp3) is 0.714. The second-order valence-corrected chi connectivity index (χ2v) is 7.58. The highest BCUT2D eigenvalue weighted by Crippen LogP contribution is 2.25. The number of Topliss-reactive ketones (excluding diaryl/α,β-unsaturated/α-hetero) is 1. The lowest BCUT2D eigenvalue weighted by atomic mass is 10.0. The molecule has 1 aromatic heterocycles. The lowest BCUT2D eigenvalue weighted by Crippen LogP contribution is -2.25. The van der Waals surface area contributed by atoms with E-state index in [0.717, 1.165) is 0 Å². The predicted molar refractivity (Wildman–Crippen MR) is 79.1 cm³/mol. The van der Waals surface area contributed by atoms with Gasteiger partial charge in [0.1, 0.15) is 17.1 Å². The van der Waals surface area contributed by atoms with E-state index in [1.54, 1.807) is 13.2 Å². The van der Waals surface area contributed by atoms with Gasteiger partial charge in [0.2, 0.25) is 0 Å². The van der Waals surface area contributed by atoms with Crippen LogP contribution in [0, 0.1) is 0 Å². The maximum Gasteiger partial charge on any atom is 0.156 e. The Bertz CT molecular complexity index is 448. The number of nitrogens with zero attached hydrogens (tertiary/aromatic N) is 1. The molecule has 0 atom stereocenters. The molecule has 0 saturated heterocycles. The van der Waals surface area contributed by atoms with Gasteiger partial charge in [-0.2, -0.15) is 0 Å². The molecule has 1 rings (SSSR count). The Hall–Kier alpha value is -0.720. The number of alkyl halides is 1. The summed E-state index contributed by atoms with van der Waals surface area (Å²) in [5.74, 6) is 0.583. The summed E-state index contributed by atoms with van der Waals surface area (Å²) in [7, 11) is 1.62. The van der Waals surface area contributed by atoms with Crippen molar-refractivity contribution in [2.45, 2.75) is 44.0 Å². The molecule has 0 unspecified atom stereocenters. The van der Waals surface area contributed by atoms with E-state index < -0.39 is 9.93 Å². The molecule has 0 saturated carbocycles. The minimum atomic E-state index is -0.576. The fourth-order valence-corrected chi connectivity index (χ4v) is 1.64. The molecule has 1 heterocycles. The molecule has 0 aliphatic rings. The smallest absolute Gasteiger partial charge is 0.156 e. The van der Waals surface area contributed by atoms with Crippen LogP contribution in [0.2, 0.25) is 0 Å².